The van der Waals surface area contributed by atoms with Gasteiger partial charge in [-0.15, -0.1) is 0 Å². The Morgan fingerprint density at radius 1 is 1.12 bits per heavy atom. The molecule has 0 aliphatic carbocycles. The lowest BCUT2D eigenvalue weighted by molar-refractivity contribution is 0.689. The summed E-state index contributed by atoms with van der Waals surface area (Å²) < 4.78 is 1.93. The Morgan fingerprint density at radius 2 is 1.80 bits per heavy atom. The normalized spacial score (nSPS) is 10.8. The predicted molar refractivity (Wildman–Crippen MR) is 106 cm³/mol. The van der Waals surface area contributed by atoms with Crippen molar-refractivity contribution in [3.63, 3.8) is 0 Å². The van der Waals surface area contributed by atoms with Gasteiger partial charge >= 0.3 is 0 Å². The van der Waals surface area contributed by atoms with Gasteiger partial charge in [0, 0.05) is 24.4 Å². The van der Waals surface area contributed by atoms with Gasteiger partial charge in [-0.05, 0) is 17.8 Å². The molecule has 0 aliphatic rings. The molecule has 0 atom stereocenters. The summed E-state index contributed by atoms with van der Waals surface area (Å²) in [5.41, 5.74) is 6.83. The van der Waals surface area contributed by atoms with E-state index in [4.69, 9.17) is 17.3 Å². The number of benzene rings is 2. The molecular formula is C19H19N5S. The number of thiocarbonyl (C=S) groups is 1. The zero-order valence-electron chi connectivity index (χ0n) is 13.9. The van der Waals surface area contributed by atoms with Gasteiger partial charge in [0.15, 0.2) is 5.11 Å². The number of aromatic nitrogens is 2. The van der Waals surface area contributed by atoms with Crippen LogP contribution in [0.3, 0.4) is 0 Å². The van der Waals surface area contributed by atoms with Gasteiger partial charge in [0.05, 0.1) is 12.8 Å². The van der Waals surface area contributed by atoms with E-state index in [0.717, 1.165) is 16.8 Å². The van der Waals surface area contributed by atoms with E-state index in [0.29, 0.717) is 11.7 Å². The minimum atomic E-state index is 0.467. The highest BCUT2D eigenvalue weighted by Crippen LogP contribution is 2.21. The first-order chi connectivity index (χ1) is 12.3. The van der Waals surface area contributed by atoms with Crippen molar-refractivity contribution in [1.29, 1.82) is 0 Å². The molecule has 0 unspecified atom stereocenters. The lowest BCUT2D eigenvalue weighted by Crippen LogP contribution is -2.28. The van der Waals surface area contributed by atoms with E-state index in [9.17, 15) is 0 Å². The van der Waals surface area contributed by atoms with Crippen LogP contribution in [0, 0.1) is 0 Å². The van der Waals surface area contributed by atoms with Crippen LogP contribution < -0.4 is 10.7 Å². The average molecular weight is 349 g/mol. The Morgan fingerprint density at radius 3 is 2.48 bits per heavy atom. The van der Waals surface area contributed by atoms with Crippen LogP contribution in [0.1, 0.15) is 11.1 Å². The summed E-state index contributed by atoms with van der Waals surface area (Å²) in [6, 6.07) is 20.3. The van der Waals surface area contributed by atoms with Crippen molar-refractivity contribution < 1.29 is 0 Å². The summed E-state index contributed by atoms with van der Waals surface area (Å²) >= 11 is 5.03. The van der Waals surface area contributed by atoms with Gasteiger partial charge in [-0.2, -0.15) is 10.2 Å². The first-order valence-electron chi connectivity index (χ1n) is 7.94. The van der Waals surface area contributed by atoms with Crippen LogP contribution in [0.2, 0.25) is 0 Å². The Labute approximate surface area is 152 Å². The van der Waals surface area contributed by atoms with E-state index in [1.807, 2.05) is 59.4 Å². The monoisotopic (exact) mass is 349 g/mol. The number of nitrogens with one attached hydrogen (secondary N) is 2. The second kappa shape index (κ2) is 8.21. The highest BCUT2D eigenvalue weighted by atomic mass is 32.1. The second-order valence-corrected chi connectivity index (χ2v) is 5.84. The molecule has 0 saturated heterocycles. The third-order valence-electron chi connectivity index (χ3n) is 3.62. The summed E-state index contributed by atoms with van der Waals surface area (Å²) in [5.74, 6) is 0. The van der Waals surface area contributed by atoms with Crippen LogP contribution in [0.25, 0.3) is 11.3 Å². The third kappa shape index (κ3) is 4.51. The summed E-state index contributed by atoms with van der Waals surface area (Å²) in [5, 5.41) is 12.2. The van der Waals surface area contributed by atoms with E-state index in [-0.39, 0.29) is 0 Å². The van der Waals surface area contributed by atoms with Gasteiger partial charge < -0.3 is 5.32 Å². The number of hydrazone groups is 1. The maximum absolute atomic E-state index is 5.03. The van der Waals surface area contributed by atoms with Gasteiger partial charge in [0.25, 0.3) is 0 Å². The van der Waals surface area contributed by atoms with Gasteiger partial charge in [0.2, 0.25) is 0 Å². The van der Waals surface area contributed by atoms with Crippen LogP contribution in [0.15, 0.2) is 72.0 Å². The Kier molecular flexibility index (Phi) is 5.53. The molecule has 2 aromatic carbocycles. The molecule has 0 aliphatic heterocycles. The fourth-order valence-electron chi connectivity index (χ4n) is 2.42. The molecule has 3 rings (SSSR count). The second-order valence-electron chi connectivity index (χ2n) is 5.43. The number of nitrogens with zero attached hydrogens (tertiary/aromatic N) is 3. The molecule has 25 heavy (non-hydrogen) atoms. The van der Waals surface area contributed by atoms with Crippen LogP contribution in [-0.4, -0.2) is 28.2 Å². The molecule has 0 saturated carbocycles. The fourth-order valence-corrected chi connectivity index (χ4v) is 2.47. The maximum Gasteiger partial charge on any atom is 0.186 e. The summed E-state index contributed by atoms with van der Waals surface area (Å²) in [7, 11) is 1.75. The zero-order chi connectivity index (χ0) is 17.5. The van der Waals surface area contributed by atoms with Crippen LogP contribution in [0.5, 0.6) is 0 Å². The molecule has 0 fully saturated rings. The van der Waals surface area contributed by atoms with Crippen molar-refractivity contribution in [3.05, 3.63) is 78.0 Å². The minimum absolute atomic E-state index is 0.467. The molecule has 0 amide bonds. The molecule has 0 bridgehead atoms. The summed E-state index contributed by atoms with van der Waals surface area (Å²) in [4.78, 5) is 0. The molecular weight excluding hydrogens is 330 g/mol. The predicted octanol–water partition coefficient (Wildman–Crippen LogP) is 3.03. The van der Waals surface area contributed by atoms with E-state index in [2.05, 4.69) is 28.0 Å². The molecule has 1 heterocycles. The first kappa shape index (κ1) is 16.9. The zero-order valence-corrected chi connectivity index (χ0v) is 14.7. The number of hydrogen-bond acceptors (Lipinski definition) is 3. The van der Waals surface area contributed by atoms with Crippen molar-refractivity contribution in [2.75, 3.05) is 7.05 Å². The van der Waals surface area contributed by atoms with E-state index >= 15 is 0 Å². The van der Waals surface area contributed by atoms with Crippen molar-refractivity contribution in [2.45, 2.75) is 6.54 Å². The Bertz CT molecular complexity index is 856. The molecule has 0 spiro atoms. The highest BCUT2D eigenvalue weighted by Gasteiger charge is 2.10. The van der Waals surface area contributed by atoms with E-state index in [1.165, 1.54) is 5.56 Å². The maximum atomic E-state index is 5.03. The van der Waals surface area contributed by atoms with Crippen molar-refractivity contribution in [3.8, 4) is 11.3 Å². The van der Waals surface area contributed by atoms with Gasteiger partial charge in [0.1, 0.15) is 5.69 Å². The molecule has 3 aromatic rings. The number of hydrogen-bond donors (Lipinski definition) is 2. The van der Waals surface area contributed by atoms with E-state index < -0.39 is 0 Å². The summed E-state index contributed by atoms with van der Waals surface area (Å²) in [6.07, 6.45) is 3.73. The third-order valence-corrected chi connectivity index (χ3v) is 3.92. The summed E-state index contributed by atoms with van der Waals surface area (Å²) in [6.45, 7) is 0.705. The fraction of sp³-hybridized carbons (Fsp3) is 0.105. The highest BCUT2D eigenvalue weighted by molar-refractivity contribution is 7.80. The van der Waals surface area contributed by atoms with Gasteiger partial charge in [-0.1, -0.05) is 60.7 Å². The molecule has 6 heteroatoms. The largest absolute Gasteiger partial charge is 0.364 e. The molecule has 1 aromatic heterocycles. The quantitative estimate of drug-likeness (QED) is 0.422. The molecule has 0 radical (unpaired) electrons. The number of rotatable bonds is 5. The SMILES string of the molecule is CNC(=S)N/N=C\c1cn(Cc2ccccc2)nc1-c1ccccc1. The van der Waals surface area contributed by atoms with Crippen LogP contribution in [-0.2, 0) is 6.54 Å². The van der Waals surface area contributed by atoms with E-state index in [1.54, 1.807) is 13.3 Å². The van der Waals surface area contributed by atoms with Crippen molar-refractivity contribution in [2.24, 2.45) is 5.10 Å². The van der Waals surface area contributed by atoms with Crippen LogP contribution >= 0.6 is 12.2 Å². The Balaban J connectivity index is 1.90. The Hall–Kier alpha value is -2.99. The van der Waals surface area contributed by atoms with Gasteiger partial charge in [-0.3, -0.25) is 10.1 Å². The topological polar surface area (TPSA) is 54.2 Å². The van der Waals surface area contributed by atoms with Gasteiger partial charge in [-0.25, -0.2) is 0 Å². The lowest BCUT2D eigenvalue weighted by Gasteiger charge is -2.01. The van der Waals surface area contributed by atoms with Crippen molar-refractivity contribution in [1.82, 2.24) is 20.5 Å². The average Bonchev–Trinajstić information content (AvgIpc) is 3.05. The molecule has 2 N–H and O–H groups in total. The smallest absolute Gasteiger partial charge is 0.186 e. The molecule has 5 nitrogen and oxygen atoms in total. The minimum Gasteiger partial charge on any atom is -0.364 e. The first-order valence-corrected chi connectivity index (χ1v) is 8.34. The standard InChI is InChI=1S/C19H19N5S/c1-20-19(25)22-21-12-17-14-24(13-15-8-4-2-5-9-15)23-18(17)16-10-6-3-7-11-16/h2-12,14H,13H2,1H3,(H2,20,22,25)/b21-12-. The molecule has 126 valence electrons. The lowest BCUT2D eigenvalue weighted by atomic mass is 10.1. The van der Waals surface area contributed by atoms with Crippen LogP contribution in [0.4, 0.5) is 0 Å². The van der Waals surface area contributed by atoms with Crippen molar-refractivity contribution >= 4 is 23.5 Å².